The van der Waals surface area contributed by atoms with Gasteiger partial charge in [0.15, 0.2) is 0 Å². The van der Waals surface area contributed by atoms with Gasteiger partial charge in [0, 0.05) is 34.0 Å². The summed E-state index contributed by atoms with van der Waals surface area (Å²) >= 11 is 3.41. The van der Waals surface area contributed by atoms with E-state index >= 15 is 0 Å². The summed E-state index contributed by atoms with van der Waals surface area (Å²) in [5.74, 6) is 0.632. The number of anilines is 1. The zero-order valence-electron chi connectivity index (χ0n) is 17.4. The molecule has 0 aliphatic carbocycles. The van der Waals surface area contributed by atoms with E-state index in [0.717, 1.165) is 37.1 Å². The smallest absolute Gasteiger partial charge is 0.256 e. The predicted octanol–water partition coefficient (Wildman–Crippen LogP) is 5.11. The molecule has 1 fully saturated rings. The first-order valence-electron chi connectivity index (χ1n) is 9.99. The number of methoxy groups -OCH3 is 1. The Bertz CT molecular complexity index is 990. The third-order valence-corrected chi connectivity index (χ3v) is 7.57. The summed E-state index contributed by atoms with van der Waals surface area (Å²) in [4.78, 5) is 18.0. The lowest BCUT2D eigenvalue weighted by Crippen LogP contribution is -2.39. The van der Waals surface area contributed by atoms with Crippen LogP contribution in [-0.2, 0) is 4.74 Å². The van der Waals surface area contributed by atoms with Crippen molar-refractivity contribution in [2.45, 2.75) is 19.9 Å². The van der Waals surface area contributed by atoms with E-state index in [4.69, 9.17) is 9.47 Å². The summed E-state index contributed by atoms with van der Waals surface area (Å²) in [5, 5.41) is 6.24. The minimum Gasteiger partial charge on any atom is -0.497 e. The first-order valence-corrected chi connectivity index (χ1v) is 11.7. The fourth-order valence-electron chi connectivity index (χ4n) is 3.77. The highest BCUT2D eigenvalue weighted by Crippen LogP contribution is 2.43. The van der Waals surface area contributed by atoms with Crippen molar-refractivity contribution in [1.29, 1.82) is 0 Å². The second-order valence-electron chi connectivity index (χ2n) is 7.27. The van der Waals surface area contributed by atoms with Crippen LogP contribution in [-0.4, -0.2) is 44.2 Å². The van der Waals surface area contributed by atoms with Crippen LogP contribution in [0.15, 0.2) is 41.8 Å². The van der Waals surface area contributed by atoms with E-state index < -0.39 is 0 Å². The first kappa shape index (κ1) is 21.1. The Morgan fingerprint density at radius 2 is 1.90 bits per heavy atom. The summed E-state index contributed by atoms with van der Waals surface area (Å²) in [6.07, 6.45) is 0. The maximum Gasteiger partial charge on any atom is 0.256 e. The number of ether oxygens (including phenoxy) is 2. The van der Waals surface area contributed by atoms with Crippen molar-refractivity contribution >= 4 is 33.6 Å². The number of carbonyl (C=O) groups excluding carboxylic acids is 1. The predicted molar refractivity (Wildman–Crippen MR) is 123 cm³/mol. The number of rotatable bonds is 6. The van der Waals surface area contributed by atoms with Crippen LogP contribution in [0, 0.1) is 13.8 Å². The molecule has 1 aromatic carbocycles. The molecule has 158 valence electrons. The number of hydrogen-bond acceptors (Lipinski definition) is 6. The van der Waals surface area contributed by atoms with Gasteiger partial charge < -0.3 is 14.8 Å². The van der Waals surface area contributed by atoms with Crippen molar-refractivity contribution in [3.05, 3.63) is 68.2 Å². The molecule has 0 unspecified atom stereocenters. The Hall–Kier alpha value is -2.19. The largest absolute Gasteiger partial charge is 0.497 e. The lowest BCUT2D eigenvalue weighted by molar-refractivity contribution is 0.0246. The summed E-state index contributed by atoms with van der Waals surface area (Å²) in [7, 11) is 1.62. The fraction of sp³-hybridized carbons (Fsp3) is 0.348. The molecule has 1 aliphatic heterocycles. The maximum absolute atomic E-state index is 13.0. The molecule has 1 aliphatic rings. The first-order chi connectivity index (χ1) is 14.6. The van der Waals surface area contributed by atoms with Gasteiger partial charge in [-0.05, 0) is 55.1 Å². The van der Waals surface area contributed by atoms with E-state index in [0.29, 0.717) is 5.56 Å². The van der Waals surface area contributed by atoms with Crippen molar-refractivity contribution in [2.24, 2.45) is 0 Å². The second kappa shape index (κ2) is 9.31. The number of amides is 1. The number of morpholine rings is 1. The molecule has 7 heteroatoms. The summed E-state index contributed by atoms with van der Waals surface area (Å²) in [6, 6.07) is 11.6. The Morgan fingerprint density at radius 1 is 1.17 bits per heavy atom. The van der Waals surface area contributed by atoms with Gasteiger partial charge in [-0.25, -0.2) is 0 Å². The van der Waals surface area contributed by atoms with Gasteiger partial charge in [0.25, 0.3) is 5.91 Å². The third-order valence-electron chi connectivity index (χ3n) is 5.51. The van der Waals surface area contributed by atoms with Crippen molar-refractivity contribution in [2.75, 3.05) is 38.7 Å². The number of thiophene rings is 2. The fourth-order valence-corrected chi connectivity index (χ4v) is 5.73. The zero-order chi connectivity index (χ0) is 21.1. The van der Waals surface area contributed by atoms with Crippen LogP contribution in [0.4, 0.5) is 5.00 Å². The number of nitrogens with one attached hydrogen (secondary N) is 1. The highest BCUT2D eigenvalue weighted by Gasteiger charge is 2.31. The molecule has 1 amide bonds. The van der Waals surface area contributed by atoms with Gasteiger partial charge in [0.05, 0.1) is 26.4 Å². The van der Waals surface area contributed by atoms with Gasteiger partial charge in [-0.3, -0.25) is 9.69 Å². The molecule has 0 radical (unpaired) electrons. The molecule has 3 aromatic rings. The number of aryl methyl sites for hydroxylation is 1. The second-order valence-corrected chi connectivity index (χ2v) is 9.48. The standard InChI is InChI=1S/C23H26N2O3S2/c1-15-16(2)30-23(24-22(26)17-6-8-18(27-3)9-7-17)20(15)21(19-5-4-14-29-19)25-10-12-28-13-11-25/h4-9,14,21H,10-13H2,1-3H3,(H,24,26)/t21-/m0/s1. The molecule has 2 aromatic heterocycles. The average molecular weight is 443 g/mol. The van der Waals surface area contributed by atoms with Gasteiger partial charge in [0.1, 0.15) is 10.8 Å². The van der Waals surface area contributed by atoms with Crippen molar-refractivity contribution < 1.29 is 14.3 Å². The molecular formula is C23H26N2O3S2. The van der Waals surface area contributed by atoms with E-state index in [1.165, 1.54) is 20.9 Å². The highest BCUT2D eigenvalue weighted by molar-refractivity contribution is 7.16. The van der Waals surface area contributed by atoms with Crippen LogP contribution in [0.1, 0.15) is 37.3 Å². The molecule has 1 saturated heterocycles. The minimum atomic E-state index is -0.105. The maximum atomic E-state index is 13.0. The Morgan fingerprint density at radius 3 is 2.53 bits per heavy atom. The third kappa shape index (κ3) is 4.30. The van der Waals surface area contributed by atoms with E-state index in [-0.39, 0.29) is 11.9 Å². The lowest BCUT2D eigenvalue weighted by Gasteiger charge is -2.35. The topological polar surface area (TPSA) is 50.8 Å². The molecule has 30 heavy (non-hydrogen) atoms. The summed E-state index contributed by atoms with van der Waals surface area (Å²) < 4.78 is 10.8. The van der Waals surface area contributed by atoms with Crippen LogP contribution in [0.3, 0.4) is 0 Å². The normalized spacial score (nSPS) is 15.7. The van der Waals surface area contributed by atoms with Crippen LogP contribution < -0.4 is 10.1 Å². The van der Waals surface area contributed by atoms with Gasteiger partial charge in [-0.2, -0.15) is 0 Å². The molecule has 1 N–H and O–H groups in total. The highest BCUT2D eigenvalue weighted by atomic mass is 32.1. The Kier molecular flexibility index (Phi) is 6.53. The molecule has 4 rings (SSSR count). The minimum absolute atomic E-state index is 0.105. The van der Waals surface area contributed by atoms with E-state index in [9.17, 15) is 4.79 Å². The molecule has 0 spiro atoms. The monoisotopic (exact) mass is 442 g/mol. The van der Waals surface area contributed by atoms with Crippen LogP contribution in [0.2, 0.25) is 0 Å². The lowest BCUT2D eigenvalue weighted by atomic mass is 10.00. The van der Waals surface area contributed by atoms with Gasteiger partial charge in [-0.15, -0.1) is 22.7 Å². The van der Waals surface area contributed by atoms with Crippen molar-refractivity contribution in [3.8, 4) is 5.75 Å². The van der Waals surface area contributed by atoms with Crippen LogP contribution >= 0.6 is 22.7 Å². The Labute approximate surface area is 185 Å². The van der Waals surface area contributed by atoms with Crippen molar-refractivity contribution in [3.63, 3.8) is 0 Å². The zero-order valence-corrected chi connectivity index (χ0v) is 19.1. The van der Waals surface area contributed by atoms with Crippen molar-refractivity contribution in [1.82, 2.24) is 4.90 Å². The molecular weight excluding hydrogens is 416 g/mol. The molecule has 3 heterocycles. The average Bonchev–Trinajstić information content (AvgIpc) is 3.39. The SMILES string of the molecule is COc1ccc(C(=O)Nc2sc(C)c(C)c2[C@H](c2cccs2)N2CCOCC2)cc1. The van der Waals surface area contributed by atoms with Crippen LogP contribution in [0.5, 0.6) is 5.75 Å². The van der Waals surface area contributed by atoms with E-state index in [1.807, 2.05) is 12.1 Å². The Balaban J connectivity index is 1.69. The number of nitrogens with zero attached hydrogens (tertiary/aromatic N) is 1. The van der Waals surface area contributed by atoms with E-state index in [1.54, 1.807) is 41.9 Å². The molecule has 0 bridgehead atoms. The van der Waals surface area contributed by atoms with Gasteiger partial charge in [-0.1, -0.05) is 6.07 Å². The number of hydrogen-bond donors (Lipinski definition) is 1. The van der Waals surface area contributed by atoms with E-state index in [2.05, 4.69) is 41.6 Å². The number of carbonyl (C=O) groups is 1. The number of benzene rings is 1. The summed E-state index contributed by atoms with van der Waals surface area (Å²) in [5.41, 5.74) is 3.06. The molecule has 1 atom stereocenters. The van der Waals surface area contributed by atoms with Gasteiger partial charge >= 0.3 is 0 Å². The van der Waals surface area contributed by atoms with Gasteiger partial charge in [0.2, 0.25) is 0 Å². The quantitative estimate of drug-likeness (QED) is 0.576. The summed E-state index contributed by atoms with van der Waals surface area (Å²) in [6.45, 7) is 7.50. The molecule has 0 saturated carbocycles. The molecule has 5 nitrogen and oxygen atoms in total. The van der Waals surface area contributed by atoms with Crippen LogP contribution in [0.25, 0.3) is 0 Å².